The fourth-order valence-corrected chi connectivity index (χ4v) is 0.994. The van der Waals surface area contributed by atoms with Crippen LogP contribution in [0.25, 0.3) is 0 Å². The van der Waals surface area contributed by atoms with Crippen LogP contribution in [0.1, 0.15) is 6.92 Å². The normalized spacial score (nSPS) is 14.6. The van der Waals surface area contributed by atoms with Gasteiger partial charge in [-0.2, -0.15) is 5.90 Å². The van der Waals surface area contributed by atoms with Crippen molar-refractivity contribution in [2.45, 2.75) is 6.92 Å². The maximum atomic E-state index is 10.9. The van der Waals surface area contributed by atoms with E-state index in [0.29, 0.717) is 0 Å². The zero-order valence-electron chi connectivity index (χ0n) is 8.33. The summed E-state index contributed by atoms with van der Waals surface area (Å²) in [5.74, 6) is 3.30. The second-order valence-corrected chi connectivity index (χ2v) is 3.43. The molecule has 0 amide bonds. The van der Waals surface area contributed by atoms with E-state index < -0.39 is 23.0 Å². The number of methoxy groups -OCH3 is 1. The van der Waals surface area contributed by atoms with Crippen LogP contribution in [0.3, 0.4) is 0 Å². The van der Waals surface area contributed by atoms with E-state index in [1.165, 1.54) is 7.11 Å². The smallest absolute Gasteiger partial charge is 0.310 e. The Morgan fingerprint density at radius 2 is 2.20 bits per heavy atom. The number of carbonyl (C=O) groups excluding carboxylic acids is 1. The van der Waals surface area contributed by atoms with Gasteiger partial charge in [0.05, 0.1) is 19.6 Å². The van der Waals surface area contributed by atoms with E-state index in [0.717, 1.165) is 0 Å². The van der Waals surface area contributed by atoms with Crippen LogP contribution in [0, 0.1) is 5.92 Å². The minimum absolute atomic E-state index is 0.0608. The zero-order valence-corrected chi connectivity index (χ0v) is 9.15. The average Bonchev–Trinajstić information content (AvgIpc) is 2.24. The van der Waals surface area contributed by atoms with E-state index in [-0.39, 0.29) is 12.5 Å². The van der Waals surface area contributed by atoms with Gasteiger partial charge in [-0.05, 0) is 12.0 Å². The highest BCUT2D eigenvalue weighted by atomic mass is 32.2. The number of ether oxygens (including phenoxy) is 2. The number of nitrogens with two attached hydrogens (primary N) is 1. The number of esters is 1. The number of hydrogen-bond acceptors (Lipinski definition) is 8. The number of carbonyl (C=O) groups is 1. The summed E-state index contributed by atoms with van der Waals surface area (Å²) in [6, 6.07) is 0. The van der Waals surface area contributed by atoms with Crippen molar-refractivity contribution < 1.29 is 32.8 Å². The van der Waals surface area contributed by atoms with Crippen LogP contribution >= 0.6 is 0 Å². The van der Waals surface area contributed by atoms with Gasteiger partial charge in [-0.15, -0.1) is 4.99 Å². The summed E-state index contributed by atoms with van der Waals surface area (Å²) in [5.41, 5.74) is 0. The molecule has 2 N–H and O–H groups in total. The molecular weight excluding hydrogens is 230 g/mol. The summed E-state index contributed by atoms with van der Waals surface area (Å²) >= 11 is -1.85. The first-order valence-corrected chi connectivity index (χ1v) is 5.10. The fourth-order valence-electron chi connectivity index (χ4n) is 0.629. The van der Waals surface area contributed by atoms with Gasteiger partial charge < -0.3 is 9.47 Å². The molecule has 15 heavy (non-hydrogen) atoms. The minimum Gasteiger partial charge on any atom is -0.469 e. The highest BCUT2D eigenvalue weighted by molar-refractivity contribution is 7.79. The lowest BCUT2D eigenvalue weighted by Crippen LogP contribution is -2.20. The van der Waals surface area contributed by atoms with Gasteiger partial charge in [-0.25, -0.2) is 4.21 Å². The van der Waals surface area contributed by atoms with Gasteiger partial charge in [0, 0.05) is 0 Å². The van der Waals surface area contributed by atoms with Crippen LogP contribution in [0.5, 0.6) is 0 Å². The van der Waals surface area contributed by atoms with Gasteiger partial charge in [0.15, 0.2) is 5.94 Å². The monoisotopic (exact) mass is 243 g/mol. The molecule has 9 heteroatoms. The zero-order chi connectivity index (χ0) is 11.7. The molecule has 2 atom stereocenters. The molecule has 0 heterocycles. The van der Waals surface area contributed by atoms with Crippen molar-refractivity contribution >= 4 is 17.0 Å². The summed E-state index contributed by atoms with van der Waals surface area (Å²) in [6.45, 7) is 1.67. The molecule has 0 bridgehead atoms. The maximum Gasteiger partial charge on any atom is 0.310 e. The Bertz CT molecular complexity index is 212. The SMILES string of the molecule is COC(=O)C(C)COCS(=O)OOON. The predicted molar refractivity (Wildman–Crippen MR) is 47.6 cm³/mol. The minimum atomic E-state index is -1.85. The third-order valence-electron chi connectivity index (χ3n) is 1.29. The lowest BCUT2D eigenvalue weighted by atomic mass is 10.2. The van der Waals surface area contributed by atoms with E-state index in [4.69, 9.17) is 4.74 Å². The Hall–Kier alpha value is -0.580. The molecule has 0 aliphatic carbocycles. The van der Waals surface area contributed by atoms with Gasteiger partial charge in [0.1, 0.15) is 0 Å². The highest BCUT2D eigenvalue weighted by Gasteiger charge is 2.13. The molecule has 0 aliphatic heterocycles. The summed E-state index contributed by atoms with van der Waals surface area (Å²) in [5, 5.41) is 3.73. The maximum absolute atomic E-state index is 10.9. The predicted octanol–water partition coefficient (Wildman–Crippen LogP) is -0.813. The van der Waals surface area contributed by atoms with Crippen LogP contribution in [-0.2, 0) is 39.7 Å². The van der Waals surface area contributed by atoms with Crippen molar-refractivity contribution in [3.63, 3.8) is 0 Å². The summed E-state index contributed by atoms with van der Waals surface area (Å²) < 4.78 is 24.2. The Balaban J connectivity index is 3.52. The summed E-state index contributed by atoms with van der Waals surface area (Å²) in [4.78, 5) is 14.4. The van der Waals surface area contributed by atoms with Crippen molar-refractivity contribution in [3.05, 3.63) is 0 Å². The molecule has 90 valence electrons. The van der Waals surface area contributed by atoms with E-state index in [1.807, 2.05) is 0 Å². The molecule has 0 aromatic heterocycles. The van der Waals surface area contributed by atoms with Crippen LogP contribution in [-0.4, -0.2) is 29.8 Å². The van der Waals surface area contributed by atoms with Gasteiger partial charge in [0.2, 0.25) is 11.1 Å². The second-order valence-electron chi connectivity index (χ2n) is 2.45. The van der Waals surface area contributed by atoms with E-state index in [1.54, 1.807) is 6.92 Å². The van der Waals surface area contributed by atoms with Crippen molar-refractivity contribution in [3.8, 4) is 0 Å². The van der Waals surface area contributed by atoms with Crippen molar-refractivity contribution in [1.82, 2.24) is 0 Å². The molecule has 2 unspecified atom stereocenters. The average molecular weight is 243 g/mol. The largest absolute Gasteiger partial charge is 0.469 e. The van der Waals surface area contributed by atoms with Crippen molar-refractivity contribution in [1.29, 1.82) is 0 Å². The van der Waals surface area contributed by atoms with E-state index in [9.17, 15) is 9.00 Å². The molecule has 0 spiro atoms. The van der Waals surface area contributed by atoms with E-state index >= 15 is 0 Å². The Morgan fingerprint density at radius 3 is 2.73 bits per heavy atom. The Labute approximate surface area is 89.0 Å². The molecular formula is C6H13NO7S. The van der Waals surface area contributed by atoms with Gasteiger partial charge >= 0.3 is 5.97 Å². The van der Waals surface area contributed by atoms with Crippen LogP contribution in [0.4, 0.5) is 0 Å². The highest BCUT2D eigenvalue weighted by Crippen LogP contribution is 1.99. The first-order valence-electron chi connectivity index (χ1n) is 3.86. The number of rotatable bonds is 8. The first-order chi connectivity index (χ1) is 7.11. The molecule has 0 aliphatic rings. The van der Waals surface area contributed by atoms with Crippen molar-refractivity contribution in [2.24, 2.45) is 11.8 Å². The third kappa shape index (κ3) is 7.36. The topological polar surface area (TPSA) is 106 Å². The molecule has 8 nitrogen and oxygen atoms in total. The number of hydrogen-bond donors (Lipinski definition) is 1. The van der Waals surface area contributed by atoms with Crippen LogP contribution in [0.15, 0.2) is 0 Å². The molecule has 0 fully saturated rings. The third-order valence-corrected chi connectivity index (χ3v) is 1.86. The fraction of sp³-hybridized carbons (Fsp3) is 0.833. The molecule has 0 aromatic carbocycles. The summed E-state index contributed by atoms with van der Waals surface area (Å²) in [7, 11) is 1.27. The van der Waals surface area contributed by atoms with Gasteiger partial charge in [0.25, 0.3) is 0 Å². The quantitative estimate of drug-likeness (QED) is 0.335. The Morgan fingerprint density at radius 1 is 1.53 bits per heavy atom. The van der Waals surface area contributed by atoms with Crippen LogP contribution < -0.4 is 5.90 Å². The molecule has 0 rings (SSSR count). The van der Waals surface area contributed by atoms with Crippen LogP contribution in [0.2, 0.25) is 0 Å². The molecule has 0 saturated carbocycles. The molecule has 0 aromatic rings. The first kappa shape index (κ1) is 14.4. The lowest BCUT2D eigenvalue weighted by molar-refractivity contribution is -0.467. The second kappa shape index (κ2) is 8.71. The van der Waals surface area contributed by atoms with Gasteiger partial charge in [-0.1, -0.05) is 4.33 Å². The van der Waals surface area contributed by atoms with Gasteiger partial charge in [-0.3, -0.25) is 4.79 Å². The standard InChI is InChI=1S/C6H13NO7S/c1-5(6(8)10-2)3-11-4-15(9)14-13-12-7/h5H,3-4,7H2,1-2H3. The molecule has 0 radical (unpaired) electrons. The molecule has 0 saturated heterocycles. The Kier molecular flexibility index (Phi) is 8.37. The lowest BCUT2D eigenvalue weighted by Gasteiger charge is -2.08. The van der Waals surface area contributed by atoms with E-state index in [2.05, 4.69) is 25.0 Å². The summed E-state index contributed by atoms with van der Waals surface area (Å²) in [6.07, 6.45) is 0. The van der Waals surface area contributed by atoms with Crippen molar-refractivity contribution in [2.75, 3.05) is 19.7 Å².